The Hall–Kier alpha value is -3.21. The molecule has 1 aromatic heterocycles. The molecule has 2 aliphatic carbocycles. The third-order valence-corrected chi connectivity index (χ3v) is 6.68. The van der Waals surface area contributed by atoms with Gasteiger partial charge in [0.1, 0.15) is 0 Å². The van der Waals surface area contributed by atoms with Crippen LogP contribution in [0.15, 0.2) is 22.6 Å². The number of hydrogen-bond donors (Lipinski definition) is 1. The Morgan fingerprint density at radius 3 is 2.53 bits per heavy atom. The number of halogens is 2. The maximum Gasteiger partial charge on any atom is 0.387 e. The Morgan fingerprint density at radius 1 is 1.08 bits per heavy atom. The summed E-state index contributed by atoms with van der Waals surface area (Å²) in [6.45, 7) is -0.604. The molecule has 0 spiro atoms. The van der Waals surface area contributed by atoms with Crippen LogP contribution in [-0.2, 0) is 11.3 Å². The lowest BCUT2D eigenvalue weighted by Gasteiger charge is -2.21. The van der Waals surface area contributed by atoms with E-state index in [0.29, 0.717) is 50.7 Å². The molecule has 5 rings (SSSR count). The van der Waals surface area contributed by atoms with Gasteiger partial charge in [0.2, 0.25) is 11.8 Å². The fraction of sp³-hybridized carbons (Fsp3) is 0.560. The third kappa shape index (κ3) is 5.61. The predicted molar refractivity (Wildman–Crippen MR) is 125 cm³/mol. The summed E-state index contributed by atoms with van der Waals surface area (Å²) < 4.78 is 41.9. The highest BCUT2D eigenvalue weighted by molar-refractivity contribution is 5.94. The molecule has 3 fully saturated rings. The molecule has 0 unspecified atom stereocenters. The summed E-state index contributed by atoms with van der Waals surface area (Å²) in [6.07, 6.45) is 4.65. The number of benzene rings is 1. The van der Waals surface area contributed by atoms with Crippen LogP contribution < -0.4 is 15.2 Å². The molecule has 1 aromatic carbocycles. The molecule has 2 aromatic rings. The molecular formula is C25H30F2N4O5. The lowest BCUT2D eigenvalue weighted by Crippen LogP contribution is -2.38. The van der Waals surface area contributed by atoms with Crippen LogP contribution in [0.4, 0.5) is 8.78 Å². The Labute approximate surface area is 207 Å². The maximum absolute atomic E-state index is 13.3. The van der Waals surface area contributed by atoms with Gasteiger partial charge < -0.3 is 29.4 Å². The minimum absolute atomic E-state index is 0.0359. The zero-order valence-corrected chi connectivity index (χ0v) is 20.0. The Kier molecular flexibility index (Phi) is 7.08. The van der Waals surface area contributed by atoms with Crippen molar-refractivity contribution in [3.8, 4) is 23.0 Å². The molecule has 9 nitrogen and oxygen atoms in total. The van der Waals surface area contributed by atoms with Crippen LogP contribution in [-0.4, -0.2) is 66.0 Å². The van der Waals surface area contributed by atoms with Crippen molar-refractivity contribution >= 4 is 11.8 Å². The number of nitrogens with zero attached hydrogens (tertiary/aromatic N) is 3. The van der Waals surface area contributed by atoms with Gasteiger partial charge in [-0.1, -0.05) is 0 Å². The number of alkyl halides is 2. The molecule has 2 saturated carbocycles. The molecule has 2 N–H and O–H groups in total. The van der Waals surface area contributed by atoms with Crippen LogP contribution in [0.1, 0.15) is 48.4 Å². The second-order valence-corrected chi connectivity index (χ2v) is 9.53. The van der Waals surface area contributed by atoms with Crippen LogP contribution in [0.2, 0.25) is 0 Å². The van der Waals surface area contributed by atoms with Crippen molar-refractivity contribution in [2.24, 2.45) is 17.6 Å². The summed E-state index contributed by atoms with van der Waals surface area (Å²) in [4.78, 5) is 33.7. The number of aromatic nitrogens is 1. The summed E-state index contributed by atoms with van der Waals surface area (Å²) in [7, 11) is 0. The second kappa shape index (κ2) is 10.4. The first-order chi connectivity index (χ1) is 17.4. The van der Waals surface area contributed by atoms with E-state index in [1.807, 2.05) is 4.90 Å². The molecule has 2 amide bonds. The Morgan fingerprint density at radius 2 is 1.83 bits per heavy atom. The van der Waals surface area contributed by atoms with Crippen LogP contribution in [0.5, 0.6) is 11.5 Å². The second-order valence-electron chi connectivity index (χ2n) is 9.53. The van der Waals surface area contributed by atoms with Gasteiger partial charge in [-0.05, 0) is 56.2 Å². The lowest BCUT2D eigenvalue weighted by atomic mass is 10.2. The molecule has 11 heteroatoms. The molecule has 36 heavy (non-hydrogen) atoms. The zero-order chi connectivity index (χ0) is 25.2. The molecule has 0 bridgehead atoms. The molecule has 0 radical (unpaired) electrons. The van der Waals surface area contributed by atoms with E-state index in [4.69, 9.17) is 14.9 Å². The number of oxazole rings is 1. The first-order valence-electron chi connectivity index (χ1n) is 12.4. The predicted octanol–water partition coefficient (Wildman–Crippen LogP) is 3.28. The van der Waals surface area contributed by atoms with E-state index in [0.717, 1.165) is 25.7 Å². The average Bonchev–Trinajstić information content (AvgIpc) is 3.78. The number of nitrogens with two attached hydrogens (primary N) is 1. The Balaban J connectivity index is 1.34. The van der Waals surface area contributed by atoms with Crippen molar-refractivity contribution in [2.75, 3.05) is 32.8 Å². The number of carbonyl (C=O) groups excluding carboxylic acids is 2. The fourth-order valence-corrected chi connectivity index (χ4v) is 4.30. The normalized spacial score (nSPS) is 18.3. The van der Waals surface area contributed by atoms with E-state index in [2.05, 4.69) is 9.72 Å². The molecule has 1 saturated heterocycles. The summed E-state index contributed by atoms with van der Waals surface area (Å²) in [6, 6.07) is 4.42. The Bertz CT molecular complexity index is 1120. The highest BCUT2D eigenvalue weighted by Crippen LogP contribution is 2.37. The summed E-state index contributed by atoms with van der Waals surface area (Å²) in [5, 5.41) is 0. The smallest absolute Gasteiger partial charge is 0.387 e. The summed E-state index contributed by atoms with van der Waals surface area (Å²) >= 11 is 0. The zero-order valence-electron chi connectivity index (χ0n) is 20.0. The molecule has 0 atom stereocenters. The highest BCUT2D eigenvalue weighted by atomic mass is 19.3. The molecule has 194 valence electrons. The fourth-order valence-electron chi connectivity index (χ4n) is 4.30. The number of ether oxygens (including phenoxy) is 2. The lowest BCUT2D eigenvalue weighted by molar-refractivity contribution is -0.132. The number of hydrogen-bond acceptors (Lipinski definition) is 7. The number of rotatable bonds is 9. The third-order valence-electron chi connectivity index (χ3n) is 6.68. The maximum atomic E-state index is 13.3. The van der Waals surface area contributed by atoms with Gasteiger partial charge in [-0.25, -0.2) is 4.98 Å². The van der Waals surface area contributed by atoms with Crippen molar-refractivity contribution in [1.82, 2.24) is 14.8 Å². The van der Waals surface area contributed by atoms with E-state index < -0.39 is 6.61 Å². The van der Waals surface area contributed by atoms with Gasteiger partial charge in [0.05, 0.1) is 13.2 Å². The van der Waals surface area contributed by atoms with E-state index in [9.17, 15) is 18.4 Å². The number of carbonyl (C=O) groups is 2. The number of amides is 2. The van der Waals surface area contributed by atoms with Crippen LogP contribution in [0.3, 0.4) is 0 Å². The van der Waals surface area contributed by atoms with E-state index >= 15 is 0 Å². The van der Waals surface area contributed by atoms with E-state index in [1.165, 1.54) is 18.2 Å². The van der Waals surface area contributed by atoms with Gasteiger partial charge in [0, 0.05) is 37.7 Å². The summed E-state index contributed by atoms with van der Waals surface area (Å²) in [5.41, 5.74) is 6.42. The van der Waals surface area contributed by atoms with Crippen molar-refractivity contribution in [3.05, 3.63) is 29.7 Å². The average molecular weight is 505 g/mol. The van der Waals surface area contributed by atoms with Crippen LogP contribution in [0, 0.1) is 11.8 Å². The van der Waals surface area contributed by atoms with Gasteiger partial charge in [0.25, 0.3) is 5.91 Å². The van der Waals surface area contributed by atoms with Gasteiger partial charge in [-0.15, -0.1) is 0 Å². The summed E-state index contributed by atoms with van der Waals surface area (Å²) in [5.74, 6) is 0.872. The van der Waals surface area contributed by atoms with Crippen LogP contribution >= 0.6 is 0 Å². The van der Waals surface area contributed by atoms with Crippen molar-refractivity contribution in [2.45, 2.75) is 45.3 Å². The minimum atomic E-state index is -2.99. The van der Waals surface area contributed by atoms with Gasteiger partial charge in [0.15, 0.2) is 23.0 Å². The minimum Gasteiger partial charge on any atom is -0.489 e. The first-order valence-corrected chi connectivity index (χ1v) is 12.4. The van der Waals surface area contributed by atoms with Gasteiger partial charge >= 0.3 is 6.61 Å². The van der Waals surface area contributed by atoms with E-state index in [1.54, 1.807) is 4.90 Å². The SMILES string of the molecule is NCc1oc(-c2ccc(OC(F)F)c(OCC3CC3)c2)nc1C(=O)N1CCCN(C(=O)C2CC2)CC1. The van der Waals surface area contributed by atoms with E-state index in [-0.39, 0.29) is 53.1 Å². The van der Waals surface area contributed by atoms with Crippen molar-refractivity contribution in [1.29, 1.82) is 0 Å². The van der Waals surface area contributed by atoms with Crippen LogP contribution in [0.25, 0.3) is 11.5 Å². The molecule has 1 aliphatic heterocycles. The standard InChI is InChI=1S/C25H30F2N4O5/c26-25(27)36-18-7-6-17(12-19(18)34-14-15-2-3-15)22-29-21(20(13-28)35-22)24(33)31-9-1-8-30(10-11-31)23(32)16-4-5-16/h6-7,12,15-16,25H,1-5,8-11,13-14,28H2. The monoisotopic (exact) mass is 504 g/mol. The molecular weight excluding hydrogens is 474 g/mol. The molecule has 2 heterocycles. The largest absolute Gasteiger partial charge is 0.489 e. The van der Waals surface area contributed by atoms with Gasteiger partial charge in [-0.3, -0.25) is 9.59 Å². The molecule has 3 aliphatic rings. The highest BCUT2D eigenvalue weighted by Gasteiger charge is 2.35. The first kappa shape index (κ1) is 24.5. The quantitative estimate of drug-likeness (QED) is 0.558. The van der Waals surface area contributed by atoms with Crippen molar-refractivity contribution in [3.63, 3.8) is 0 Å². The van der Waals surface area contributed by atoms with Crippen molar-refractivity contribution < 1.29 is 32.3 Å². The topological polar surface area (TPSA) is 111 Å². The van der Waals surface area contributed by atoms with Gasteiger partial charge in [-0.2, -0.15) is 8.78 Å².